The first-order valence-electron chi connectivity index (χ1n) is 7.10. The molecule has 0 aliphatic carbocycles. The largest absolute Gasteiger partial charge is 0.341 e. The average molecular weight is 298 g/mol. The van der Waals surface area contributed by atoms with Crippen LogP contribution < -0.4 is 0 Å². The monoisotopic (exact) mass is 298 g/mol. The molecule has 0 aromatic carbocycles. The highest BCUT2D eigenvalue weighted by atomic mass is 32.1. The molecule has 1 aliphatic rings. The molecule has 1 unspecified atom stereocenters. The summed E-state index contributed by atoms with van der Waals surface area (Å²) >= 11 is 6.67. The van der Waals surface area contributed by atoms with Gasteiger partial charge in [-0.2, -0.15) is 0 Å². The number of rotatable bonds is 4. The first-order chi connectivity index (χ1) is 9.11. The van der Waals surface area contributed by atoms with Gasteiger partial charge in [-0.25, -0.2) is 0 Å². The second kappa shape index (κ2) is 6.66. The molecule has 0 bridgehead atoms. The Hall–Kier alpha value is -0.680. The van der Waals surface area contributed by atoms with Crippen molar-refractivity contribution in [2.24, 2.45) is 0 Å². The van der Waals surface area contributed by atoms with Crippen LogP contribution in [0.3, 0.4) is 0 Å². The topological polar surface area (TPSA) is 36.1 Å². The van der Waals surface area contributed by atoms with E-state index in [0.717, 1.165) is 40.3 Å². The number of aryl methyl sites for hydroxylation is 1. The van der Waals surface area contributed by atoms with E-state index in [0.29, 0.717) is 12.5 Å². The lowest BCUT2D eigenvalue weighted by Crippen LogP contribution is -2.44. The third-order valence-corrected chi connectivity index (χ3v) is 5.14. The summed E-state index contributed by atoms with van der Waals surface area (Å²) in [4.78, 5) is 18.8. The number of likely N-dealkylation sites (tertiary alicyclic amines) is 1. The van der Waals surface area contributed by atoms with Crippen LogP contribution in [0.1, 0.15) is 49.6 Å². The Labute approximate surface area is 124 Å². The summed E-state index contributed by atoms with van der Waals surface area (Å²) in [5.74, 6) is 0.270. The smallest absolute Gasteiger partial charge is 0.228 e. The Balaban J connectivity index is 2.05. The number of carbonyl (C=O) groups excluding carboxylic acids is 1. The van der Waals surface area contributed by atoms with Gasteiger partial charge in [0.05, 0.1) is 6.42 Å². The van der Waals surface area contributed by atoms with Crippen LogP contribution in [0, 0.1) is 10.9 Å². The van der Waals surface area contributed by atoms with Crippen LogP contribution in [0.15, 0.2) is 0 Å². The van der Waals surface area contributed by atoms with Crippen molar-refractivity contribution in [3.63, 3.8) is 0 Å². The number of H-pyrrole nitrogens is 1. The fourth-order valence-electron chi connectivity index (χ4n) is 2.81. The molecule has 0 radical (unpaired) electrons. The van der Waals surface area contributed by atoms with Gasteiger partial charge in [-0.3, -0.25) is 4.79 Å². The summed E-state index contributed by atoms with van der Waals surface area (Å²) in [5, 5.41) is 0. The summed E-state index contributed by atoms with van der Waals surface area (Å²) in [6, 6.07) is 0.457. The minimum atomic E-state index is 0.270. The van der Waals surface area contributed by atoms with Crippen LogP contribution in [-0.2, 0) is 11.2 Å². The Morgan fingerprint density at radius 1 is 1.53 bits per heavy atom. The number of nitrogens with zero attached hydrogens (tertiary/aromatic N) is 1. The quantitative estimate of drug-likeness (QED) is 0.857. The molecule has 3 nitrogen and oxygen atoms in total. The van der Waals surface area contributed by atoms with Crippen LogP contribution in [0.5, 0.6) is 0 Å². The van der Waals surface area contributed by atoms with E-state index in [1.807, 2.05) is 6.92 Å². The van der Waals surface area contributed by atoms with Gasteiger partial charge in [0.1, 0.15) is 0 Å². The van der Waals surface area contributed by atoms with Crippen molar-refractivity contribution < 1.29 is 4.79 Å². The van der Waals surface area contributed by atoms with Gasteiger partial charge in [-0.05, 0) is 44.8 Å². The van der Waals surface area contributed by atoms with E-state index in [-0.39, 0.29) is 5.91 Å². The van der Waals surface area contributed by atoms with Gasteiger partial charge < -0.3 is 9.88 Å². The zero-order valence-electron chi connectivity index (χ0n) is 11.7. The molecule has 1 saturated heterocycles. The zero-order chi connectivity index (χ0) is 13.8. The third kappa shape index (κ3) is 3.66. The molecule has 0 saturated carbocycles. The molecule has 1 aromatic heterocycles. The lowest BCUT2D eigenvalue weighted by molar-refractivity contribution is -0.134. The number of thiazole rings is 1. The fourth-order valence-corrected chi connectivity index (χ4v) is 4.09. The summed E-state index contributed by atoms with van der Waals surface area (Å²) in [7, 11) is 0. The van der Waals surface area contributed by atoms with Crippen LogP contribution in [0.4, 0.5) is 0 Å². The van der Waals surface area contributed by atoms with Crippen molar-refractivity contribution in [1.29, 1.82) is 0 Å². The number of carbonyl (C=O) groups is 1. The molecular weight excluding hydrogens is 276 g/mol. The molecule has 1 aliphatic heterocycles. The normalized spacial score (nSPS) is 19.7. The number of piperidine rings is 1. The van der Waals surface area contributed by atoms with Crippen LogP contribution in [-0.4, -0.2) is 28.4 Å². The molecule has 106 valence electrons. The van der Waals surface area contributed by atoms with Gasteiger partial charge in [0.15, 0.2) is 3.95 Å². The van der Waals surface area contributed by atoms with Gasteiger partial charge in [-0.1, -0.05) is 13.3 Å². The average Bonchev–Trinajstić information content (AvgIpc) is 2.69. The van der Waals surface area contributed by atoms with Gasteiger partial charge in [0.2, 0.25) is 5.91 Å². The van der Waals surface area contributed by atoms with Crippen molar-refractivity contribution in [3.05, 3.63) is 14.5 Å². The highest BCUT2D eigenvalue weighted by molar-refractivity contribution is 7.73. The number of hydrogen-bond acceptors (Lipinski definition) is 3. The van der Waals surface area contributed by atoms with E-state index in [9.17, 15) is 4.79 Å². The van der Waals surface area contributed by atoms with Gasteiger partial charge in [-0.15, -0.1) is 11.3 Å². The highest BCUT2D eigenvalue weighted by Crippen LogP contribution is 2.23. The summed E-state index contributed by atoms with van der Waals surface area (Å²) < 4.78 is 0.768. The standard InChI is InChI=1S/C14H22N2OS2/c1-3-6-11-7-4-5-8-16(11)13(17)9-12-10(2)15-14(18)19-12/h11H,3-9H2,1-2H3,(H,15,18). The second-order valence-electron chi connectivity index (χ2n) is 5.26. The highest BCUT2D eigenvalue weighted by Gasteiger charge is 2.26. The minimum Gasteiger partial charge on any atom is -0.341 e. The predicted octanol–water partition coefficient (Wildman–Crippen LogP) is 3.84. The SMILES string of the molecule is CCCC1CCCCN1C(=O)Cc1sc(=S)[nH]c1C. The van der Waals surface area contributed by atoms with E-state index in [2.05, 4.69) is 16.8 Å². The first kappa shape index (κ1) is 14.7. The third-order valence-electron chi connectivity index (χ3n) is 3.80. The van der Waals surface area contributed by atoms with E-state index < -0.39 is 0 Å². The molecule has 2 heterocycles. The summed E-state index contributed by atoms with van der Waals surface area (Å²) in [6.07, 6.45) is 6.36. The molecule has 0 spiro atoms. The zero-order valence-corrected chi connectivity index (χ0v) is 13.3. The maximum Gasteiger partial charge on any atom is 0.228 e. The Bertz CT molecular complexity index is 490. The lowest BCUT2D eigenvalue weighted by Gasteiger charge is -2.35. The van der Waals surface area contributed by atoms with Crippen LogP contribution in [0.2, 0.25) is 0 Å². The molecule has 5 heteroatoms. The second-order valence-corrected chi connectivity index (χ2v) is 7.04. The molecule has 19 heavy (non-hydrogen) atoms. The lowest BCUT2D eigenvalue weighted by atomic mass is 9.97. The predicted molar refractivity (Wildman–Crippen MR) is 82.2 cm³/mol. The van der Waals surface area contributed by atoms with E-state index in [1.54, 1.807) is 0 Å². The molecular formula is C14H22N2OS2. The van der Waals surface area contributed by atoms with Gasteiger partial charge >= 0.3 is 0 Å². The van der Waals surface area contributed by atoms with E-state index in [1.165, 1.54) is 24.2 Å². The number of amides is 1. The van der Waals surface area contributed by atoms with Crippen molar-refractivity contribution in [2.75, 3.05) is 6.54 Å². The number of nitrogens with one attached hydrogen (secondary N) is 1. The Morgan fingerprint density at radius 3 is 2.95 bits per heavy atom. The van der Waals surface area contributed by atoms with Crippen LogP contribution >= 0.6 is 23.6 Å². The Kier molecular flexibility index (Phi) is 5.16. The minimum absolute atomic E-state index is 0.270. The van der Waals surface area contributed by atoms with Crippen LogP contribution in [0.25, 0.3) is 0 Å². The molecule has 1 amide bonds. The fraction of sp³-hybridized carbons (Fsp3) is 0.714. The molecule has 1 aromatic rings. The molecule has 1 fully saturated rings. The summed E-state index contributed by atoms with van der Waals surface area (Å²) in [6.45, 7) is 5.12. The van der Waals surface area contributed by atoms with Crippen molar-refractivity contribution in [1.82, 2.24) is 9.88 Å². The number of hydrogen-bond donors (Lipinski definition) is 1. The maximum atomic E-state index is 12.5. The van der Waals surface area contributed by atoms with Crippen molar-refractivity contribution in [3.8, 4) is 0 Å². The van der Waals surface area contributed by atoms with Crippen molar-refractivity contribution in [2.45, 2.75) is 58.4 Å². The van der Waals surface area contributed by atoms with E-state index in [4.69, 9.17) is 12.2 Å². The van der Waals surface area contributed by atoms with E-state index >= 15 is 0 Å². The Morgan fingerprint density at radius 2 is 2.32 bits per heavy atom. The van der Waals surface area contributed by atoms with Gasteiger partial charge in [0, 0.05) is 23.2 Å². The number of aromatic amines is 1. The molecule has 1 atom stereocenters. The van der Waals surface area contributed by atoms with Crippen molar-refractivity contribution >= 4 is 29.5 Å². The first-order valence-corrected chi connectivity index (χ1v) is 8.32. The molecule has 1 N–H and O–H groups in total. The molecule has 2 rings (SSSR count). The number of aromatic nitrogens is 1. The maximum absolute atomic E-state index is 12.5. The summed E-state index contributed by atoms with van der Waals surface area (Å²) in [5.41, 5.74) is 1.05. The van der Waals surface area contributed by atoms with Gasteiger partial charge in [0.25, 0.3) is 0 Å².